The fraction of sp³-hybridized carbons (Fsp3) is 0.556. The van der Waals surface area contributed by atoms with Crippen molar-refractivity contribution in [3.63, 3.8) is 0 Å². The minimum atomic E-state index is -0.0995. The Morgan fingerprint density at radius 1 is 1.22 bits per heavy atom. The maximum atomic E-state index is 11.1. The van der Waals surface area contributed by atoms with Crippen molar-refractivity contribution >= 4 is 22.6 Å². The van der Waals surface area contributed by atoms with Gasteiger partial charge in [-0.15, -0.1) is 0 Å². The molecule has 10 nitrogen and oxygen atoms in total. The van der Waals surface area contributed by atoms with Gasteiger partial charge >= 0.3 is 0 Å². The first-order chi connectivity index (χ1) is 18.1. The minimum absolute atomic E-state index is 0.0109. The number of carbonyl (C=O) groups excluding carboxylic acids is 1. The predicted octanol–water partition coefficient (Wildman–Crippen LogP) is 3.71. The molecule has 0 radical (unpaired) electrons. The fourth-order valence-corrected chi connectivity index (χ4v) is 4.95. The molecule has 3 aromatic rings. The van der Waals surface area contributed by atoms with Crippen LogP contribution < -0.4 is 15.0 Å². The van der Waals surface area contributed by atoms with E-state index in [0.29, 0.717) is 26.4 Å². The highest BCUT2D eigenvalue weighted by molar-refractivity contribution is 5.95. The number of anilines is 1. The van der Waals surface area contributed by atoms with E-state index in [1.54, 1.807) is 12.4 Å². The van der Waals surface area contributed by atoms with Gasteiger partial charge in [0.1, 0.15) is 22.8 Å². The molecule has 5 rings (SSSR count). The zero-order valence-corrected chi connectivity index (χ0v) is 21.7. The topological polar surface area (TPSA) is 104 Å². The van der Waals surface area contributed by atoms with Gasteiger partial charge in [0.15, 0.2) is 6.23 Å². The van der Waals surface area contributed by atoms with Crippen molar-refractivity contribution < 1.29 is 19.0 Å². The van der Waals surface area contributed by atoms with Gasteiger partial charge in [0.05, 0.1) is 31.6 Å². The molecule has 198 valence electrons. The van der Waals surface area contributed by atoms with E-state index in [1.807, 2.05) is 22.9 Å². The van der Waals surface area contributed by atoms with E-state index < -0.39 is 0 Å². The molecule has 0 spiro atoms. The second-order valence-corrected chi connectivity index (χ2v) is 9.67. The Morgan fingerprint density at radius 2 is 2.14 bits per heavy atom. The molecule has 10 heteroatoms. The van der Waals surface area contributed by atoms with Crippen LogP contribution in [0.3, 0.4) is 0 Å². The molecular weight excluding hydrogens is 472 g/mol. The Kier molecular flexibility index (Phi) is 8.15. The van der Waals surface area contributed by atoms with Crippen molar-refractivity contribution in [2.24, 2.45) is 0 Å². The van der Waals surface area contributed by atoms with E-state index >= 15 is 0 Å². The second kappa shape index (κ2) is 11.9. The number of nitrogens with zero attached hydrogens (tertiary/aromatic N) is 5. The molecule has 2 saturated heterocycles. The summed E-state index contributed by atoms with van der Waals surface area (Å²) >= 11 is 0. The van der Waals surface area contributed by atoms with Gasteiger partial charge in [-0.05, 0) is 51.2 Å². The smallest absolute Gasteiger partial charge is 0.216 e. The number of fused-ring (bicyclic) bond motifs is 1. The van der Waals surface area contributed by atoms with Gasteiger partial charge in [-0.2, -0.15) is 5.10 Å². The molecule has 2 aliphatic rings. The van der Waals surface area contributed by atoms with Crippen LogP contribution in [0.1, 0.15) is 52.2 Å². The summed E-state index contributed by atoms with van der Waals surface area (Å²) in [7, 11) is 0. The Morgan fingerprint density at radius 3 is 2.95 bits per heavy atom. The van der Waals surface area contributed by atoms with Crippen LogP contribution in [-0.2, 0) is 14.3 Å². The molecule has 2 aliphatic heterocycles. The van der Waals surface area contributed by atoms with E-state index in [-0.39, 0.29) is 18.2 Å². The van der Waals surface area contributed by atoms with E-state index in [0.717, 1.165) is 79.1 Å². The minimum Gasteiger partial charge on any atom is -0.493 e. The molecular formula is C27H36N6O4. The van der Waals surface area contributed by atoms with Crippen molar-refractivity contribution in [1.29, 1.82) is 0 Å². The highest BCUT2D eigenvalue weighted by Crippen LogP contribution is 2.36. The Bertz CT molecular complexity index is 1210. The van der Waals surface area contributed by atoms with E-state index in [2.05, 4.69) is 22.2 Å². The summed E-state index contributed by atoms with van der Waals surface area (Å²) in [5.41, 5.74) is 2.44. The number of nitrogens with one attached hydrogen (secondary N) is 1. The van der Waals surface area contributed by atoms with Gasteiger partial charge in [-0.3, -0.25) is 9.78 Å². The predicted molar refractivity (Wildman–Crippen MR) is 141 cm³/mol. The average molecular weight is 509 g/mol. The summed E-state index contributed by atoms with van der Waals surface area (Å²) in [4.78, 5) is 23.3. The van der Waals surface area contributed by atoms with Gasteiger partial charge in [-0.25, -0.2) is 9.67 Å². The third-order valence-electron chi connectivity index (χ3n) is 6.88. The number of hydrogen-bond acceptors (Lipinski definition) is 8. The van der Waals surface area contributed by atoms with Crippen LogP contribution in [0.25, 0.3) is 22.3 Å². The van der Waals surface area contributed by atoms with Crippen LogP contribution in [0, 0.1) is 0 Å². The lowest BCUT2D eigenvalue weighted by Crippen LogP contribution is -2.44. The van der Waals surface area contributed by atoms with Crippen LogP contribution in [0.15, 0.2) is 30.6 Å². The monoisotopic (exact) mass is 508 g/mol. The summed E-state index contributed by atoms with van der Waals surface area (Å²) in [6.07, 6.45) is 8.31. The highest BCUT2D eigenvalue weighted by atomic mass is 16.5. The van der Waals surface area contributed by atoms with Gasteiger partial charge in [-0.1, -0.05) is 0 Å². The van der Waals surface area contributed by atoms with Crippen molar-refractivity contribution in [1.82, 2.24) is 25.1 Å². The number of ether oxygens (including phenoxy) is 3. The Labute approximate surface area is 217 Å². The molecule has 0 aliphatic carbocycles. The molecule has 0 bridgehead atoms. The summed E-state index contributed by atoms with van der Waals surface area (Å²) in [6, 6.07) is 6.17. The molecule has 3 aromatic heterocycles. The molecule has 2 fully saturated rings. The summed E-state index contributed by atoms with van der Waals surface area (Å²) < 4.78 is 20.0. The number of rotatable bonds is 9. The normalized spacial score (nSPS) is 20.2. The van der Waals surface area contributed by atoms with Gasteiger partial charge in [0, 0.05) is 50.5 Å². The third kappa shape index (κ3) is 5.86. The number of carbonyl (C=O) groups is 1. The van der Waals surface area contributed by atoms with Crippen LogP contribution in [-0.4, -0.2) is 71.2 Å². The van der Waals surface area contributed by atoms with Crippen molar-refractivity contribution in [3.05, 3.63) is 30.6 Å². The fourth-order valence-electron chi connectivity index (χ4n) is 4.95. The first-order valence-electron chi connectivity index (χ1n) is 13.3. The first kappa shape index (κ1) is 25.4. The lowest BCUT2D eigenvalue weighted by atomic mass is 10.1. The Balaban J connectivity index is 1.50. The second-order valence-electron chi connectivity index (χ2n) is 9.67. The number of hydrogen-bond donors (Lipinski definition) is 1. The molecule has 1 N–H and O–H groups in total. The third-order valence-corrected chi connectivity index (χ3v) is 6.88. The number of amides is 1. The lowest BCUT2D eigenvalue weighted by Gasteiger charge is -2.34. The maximum Gasteiger partial charge on any atom is 0.216 e. The summed E-state index contributed by atoms with van der Waals surface area (Å²) in [5.74, 6) is 1.62. The lowest BCUT2D eigenvalue weighted by molar-refractivity contribution is -0.118. The number of unbranched alkanes of at least 4 members (excludes halogenated alkanes) is 1. The van der Waals surface area contributed by atoms with E-state index in [1.165, 1.54) is 6.92 Å². The number of aromatic nitrogens is 4. The summed E-state index contributed by atoms with van der Waals surface area (Å²) in [5, 5.41) is 8.34. The number of pyridine rings is 2. The quantitative estimate of drug-likeness (QED) is 0.436. The van der Waals surface area contributed by atoms with Crippen molar-refractivity contribution in [3.8, 4) is 17.1 Å². The van der Waals surface area contributed by atoms with E-state index in [9.17, 15) is 4.79 Å². The van der Waals surface area contributed by atoms with Crippen LogP contribution in [0.5, 0.6) is 5.75 Å². The number of morpholine rings is 1. The molecule has 37 heavy (non-hydrogen) atoms. The van der Waals surface area contributed by atoms with Gasteiger partial charge < -0.3 is 24.4 Å². The zero-order chi connectivity index (χ0) is 25.6. The largest absolute Gasteiger partial charge is 0.493 e. The molecule has 2 atom stereocenters. The average Bonchev–Trinajstić information content (AvgIpc) is 3.40. The highest BCUT2D eigenvalue weighted by Gasteiger charge is 2.25. The van der Waals surface area contributed by atoms with Crippen molar-refractivity contribution in [2.45, 2.75) is 58.2 Å². The summed E-state index contributed by atoms with van der Waals surface area (Å²) in [6.45, 7) is 7.69. The molecule has 0 saturated carbocycles. The van der Waals surface area contributed by atoms with Gasteiger partial charge in [0.2, 0.25) is 5.91 Å². The van der Waals surface area contributed by atoms with Gasteiger partial charge in [0.25, 0.3) is 0 Å². The van der Waals surface area contributed by atoms with Crippen molar-refractivity contribution in [2.75, 3.05) is 44.4 Å². The first-order valence-corrected chi connectivity index (χ1v) is 13.3. The molecule has 0 aromatic carbocycles. The SMILES string of the molecule is CC(=O)NCCCCOc1cc(N2CCOCC2C)nc2c(-c3ccnn3C3CCCCO3)nccc12. The molecule has 2 unspecified atom stereocenters. The standard InChI is InChI=1S/C27H36N6O4/c1-19-18-35-16-13-32(19)24-17-23(36-14-6-4-10-28-20(2)34)21-8-11-29-27(26(21)31-24)22-9-12-30-33(22)25-7-3-5-15-37-25/h8-9,11-12,17,19,25H,3-7,10,13-16,18H2,1-2H3,(H,28,34). The maximum absolute atomic E-state index is 11.1. The molecule has 5 heterocycles. The Hall–Kier alpha value is -3.24. The zero-order valence-electron chi connectivity index (χ0n) is 21.7. The van der Waals surface area contributed by atoms with Crippen LogP contribution >= 0.6 is 0 Å². The van der Waals surface area contributed by atoms with E-state index in [4.69, 9.17) is 24.2 Å². The van der Waals surface area contributed by atoms with Crippen LogP contribution in [0.4, 0.5) is 5.82 Å². The molecule has 1 amide bonds. The van der Waals surface area contributed by atoms with Crippen LogP contribution in [0.2, 0.25) is 0 Å².